The van der Waals surface area contributed by atoms with Gasteiger partial charge in [-0.05, 0) is 24.3 Å². The van der Waals surface area contributed by atoms with Gasteiger partial charge >= 0.3 is 0 Å². The first-order valence-corrected chi connectivity index (χ1v) is 5.58. The van der Waals surface area contributed by atoms with E-state index >= 15 is 0 Å². The Bertz CT molecular complexity index is 624. The average molecular weight is 256 g/mol. The smallest absolute Gasteiger partial charge is 0.276 e. The molecule has 0 unspecified atom stereocenters. The van der Waals surface area contributed by atoms with Gasteiger partial charge in [-0.3, -0.25) is 15.0 Å². The second-order valence-corrected chi connectivity index (χ2v) is 3.78. The Morgan fingerprint density at radius 2 is 1.79 bits per heavy atom. The van der Waals surface area contributed by atoms with Gasteiger partial charge in [-0.15, -0.1) is 0 Å². The van der Waals surface area contributed by atoms with Gasteiger partial charge in [0, 0.05) is 11.8 Å². The molecule has 2 aromatic carbocycles. The lowest BCUT2D eigenvalue weighted by Crippen LogP contribution is -2.18. The van der Waals surface area contributed by atoms with Crippen molar-refractivity contribution in [2.24, 2.45) is 4.99 Å². The summed E-state index contributed by atoms with van der Waals surface area (Å²) in [4.78, 5) is 15.6. The summed E-state index contributed by atoms with van der Waals surface area (Å²) in [5.74, 6) is -0.527. The molecule has 0 aliphatic rings. The largest absolute Gasteiger partial charge is 0.507 e. The first-order chi connectivity index (χ1) is 9.22. The lowest BCUT2D eigenvalue weighted by Gasteiger charge is -2.03. The fourth-order valence-corrected chi connectivity index (χ4v) is 1.57. The molecule has 0 radical (unpaired) electrons. The summed E-state index contributed by atoms with van der Waals surface area (Å²) in [6, 6.07) is 13.3. The molecule has 2 aromatic rings. The monoisotopic (exact) mass is 256 g/mol. The molecule has 0 fully saturated rings. The number of nitrogens with one attached hydrogen (secondary N) is 1. The predicted molar refractivity (Wildman–Crippen MR) is 71.1 cm³/mol. The molecule has 2 rings (SSSR count). The zero-order chi connectivity index (χ0) is 13.7. The van der Waals surface area contributed by atoms with Crippen LogP contribution in [0.3, 0.4) is 0 Å². The van der Waals surface area contributed by atoms with Crippen LogP contribution >= 0.6 is 0 Å². The van der Waals surface area contributed by atoms with Crippen LogP contribution in [0.1, 0.15) is 15.9 Å². The molecule has 0 aromatic heterocycles. The Balaban J connectivity index is 2.34. The van der Waals surface area contributed by atoms with Crippen LogP contribution in [-0.4, -0.2) is 22.4 Å². The minimum Gasteiger partial charge on any atom is -0.507 e. The summed E-state index contributed by atoms with van der Waals surface area (Å²) in [7, 11) is 0. The summed E-state index contributed by atoms with van der Waals surface area (Å²) >= 11 is 0. The Morgan fingerprint density at radius 1 is 1.11 bits per heavy atom. The van der Waals surface area contributed by atoms with Crippen LogP contribution in [0.4, 0.5) is 5.69 Å². The number of aromatic hydroxyl groups is 1. The number of carbonyl (C=O) groups is 1. The molecule has 0 heterocycles. The number of phenolic OH excluding ortho intramolecular Hbond substituents is 1. The third kappa shape index (κ3) is 2.97. The maximum atomic E-state index is 11.4. The molecule has 0 spiro atoms. The van der Waals surface area contributed by atoms with Gasteiger partial charge in [-0.1, -0.05) is 24.3 Å². The van der Waals surface area contributed by atoms with Crippen LogP contribution < -0.4 is 5.48 Å². The molecule has 96 valence electrons. The van der Waals surface area contributed by atoms with E-state index in [1.54, 1.807) is 54.0 Å². The number of amides is 1. The zero-order valence-electron chi connectivity index (χ0n) is 9.95. The number of nitrogens with zero attached hydrogens (tertiary/aromatic N) is 1. The van der Waals surface area contributed by atoms with E-state index < -0.39 is 5.91 Å². The van der Waals surface area contributed by atoms with E-state index in [0.29, 0.717) is 11.3 Å². The summed E-state index contributed by atoms with van der Waals surface area (Å²) < 4.78 is 0. The number of carbonyl (C=O) groups excluding carboxylic acids is 1. The Kier molecular flexibility index (Phi) is 3.90. The van der Waals surface area contributed by atoms with E-state index in [0.717, 1.165) is 0 Å². The molecule has 1 amide bonds. The number of aliphatic imine (C=N–C) groups is 1. The van der Waals surface area contributed by atoms with E-state index in [-0.39, 0.29) is 11.3 Å². The molecule has 0 aliphatic carbocycles. The van der Waals surface area contributed by atoms with Crippen molar-refractivity contribution in [3.05, 3.63) is 59.7 Å². The molecule has 0 atom stereocenters. The van der Waals surface area contributed by atoms with Crippen LogP contribution in [-0.2, 0) is 0 Å². The summed E-state index contributed by atoms with van der Waals surface area (Å²) in [6.07, 6.45) is 1.46. The molecule has 5 heteroatoms. The van der Waals surface area contributed by atoms with E-state index in [2.05, 4.69) is 4.99 Å². The highest BCUT2D eigenvalue weighted by Crippen LogP contribution is 2.20. The number of hydroxylamine groups is 1. The van der Waals surface area contributed by atoms with Crippen LogP contribution in [0.5, 0.6) is 5.75 Å². The quantitative estimate of drug-likeness (QED) is 0.447. The van der Waals surface area contributed by atoms with E-state index in [4.69, 9.17) is 5.21 Å². The second-order valence-electron chi connectivity index (χ2n) is 3.78. The van der Waals surface area contributed by atoms with Gasteiger partial charge in [0.25, 0.3) is 5.91 Å². The van der Waals surface area contributed by atoms with Crippen LogP contribution in [0, 0.1) is 0 Å². The van der Waals surface area contributed by atoms with E-state index in [1.807, 2.05) is 0 Å². The molecule has 3 N–H and O–H groups in total. The van der Waals surface area contributed by atoms with Crippen LogP contribution in [0.15, 0.2) is 53.5 Å². The Morgan fingerprint density at radius 3 is 2.53 bits per heavy atom. The molecule has 0 bridgehead atoms. The van der Waals surface area contributed by atoms with Gasteiger partial charge < -0.3 is 5.11 Å². The first-order valence-electron chi connectivity index (χ1n) is 5.58. The van der Waals surface area contributed by atoms with Gasteiger partial charge in [-0.25, -0.2) is 5.48 Å². The van der Waals surface area contributed by atoms with Crippen molar-refractivity contribution in [1.29, 1.82) is 0 Å². The number of para-hydroxylation sites is 2. The molecule has 0 aliphatic heterocycles. The number of benzene rings is 2. The lowest BCUT2D eigenvalue weighted by molar-refractivity contribution is 0.0707. The van der Waals surface area contributed by atoms with Crippen molar-refractivity contribution in [3.8, 4) is 5.75 Å². The number of hydrogen-bond donors (Lipinski definition) is 3. The number of rotatable bonds is 3. The summed E-state index contributed by atoms with van der Waals surface area (Å²) in [6.45, 7) is 0. The highest BCUT2D eigenvalue weighted by molar-refractivity contribution is 5.99. The molecular formula is C14H12N2O3. The molecular weight excluding hydrogens is 244 g/mol. The highest BCUT2D eigenvalue weighted by atomic mass is 16.5. The van der Waals surface area contributed by atoms with Crippen molar-refractivity contribution >= 4 is 17.8 Å². The van der Waals surface area contributed by atoms with Crippen LogP contribution in [0.2, 0.25) is 0 Å². The molecule has 5 nitrogen and oxygen atoms in total. The standard InChI is InChI=1S/C14H12N2O3/c17-13-8-4-1-5-10(13)9-15-12-7-3-2-6-11(12)14(18)16-19/h1-9,17,19H,(H,16,18). The number of phenols is 1. The fraction of sp³-hybridized carbons (Fsp3) is 0. The minimum atomic E-state index is -0.634. The Hall–Kier alpha value is -2.66. The SMILES string of the molecule is O=C(NO)c1ccccc1N=Cc1ccccc1O. The van der Waals surface area contributed by atoms with E-state index in [9.17, 15) is 9.90 Å². The van der Waals surface area contributed by atoms with Crippen molar-refractivity contribution < 1.29 is 15.1 Å². The van der Waals surface area contributed by atoms with Crippen molar-refractivity contribution in [3.63, 3.8) is 0 Å². The maximum absolute atomic E-state index is 11.4. The summed E-state index contributed by atoms with van der Waals surface area (Å²) in [5, 5.41) is 18.3. The average Bonchev–Trinajstić information content (AvgIpc) is 2.46. The van der Waals surface area contributed by atoms with E-state index in [1.165, 1.54) is 6.21 Å². The molecule has 0 saturated heterocycles. The normalized spacial score (nSPS) is 10.6. The maximum Gasteiger partial charge on any atom is 0.276 e. The van der Waals surface area contributed by atoms with Gasteiger partial charge in [0.15, 0.2) is 0 Å². The lowest BCUT2D eigenvalue weighted by atomic mass is 10.1. The Labute approximate surface area is 109 Å². The van der Waals surface area contributed by atoms with Gasteiger partial charge in [-0.2, -0.15) is 0 Å². The molecule has 19 heavy (non-hydrogen) atoms. The first kappa shape index (κ1) is 12.8. The fourth-order valence-electron chi connectivity index (χ4n) is 1.57. The van der Waals surface area contributed by atoms with Gasteiger partial charge in [0.2, 0.25) is 0 Å². The third-order valence-electron chi connectivity index (χ3n) is 2.53. The summed E-state index contributed by atoms with van der Waals surface area (Å²) in [5.41, 5.74) is 2.76. The minimum absolute atomic E-state index is 0.107. The second kappa shape index (κ2) is 5.79. The van der Waals surface area contributed by atoms with Crippen molar-refractivity contribution in [2.75, 3.05) is 0 Å². The van der Waals surface area contributed by atoms with Gasteiger partial charge in [0.05, 0.1) is 11.3 Å². The predicted octanol–water partition coefficient (Wildman–Crippen LogP) is 2.26. The topological polar surface area (TPSA) is 81.9 Å². The third-order valence-corrected chi connectivity index (χ3v) is 2.53. The zero-order valence-corrected chi connectivity index (χ0v) is 9.95. The highest BCUT2D eigenvalue weighted by Gasteiger charge is 2.08. The van der Waals surface area contributed by atoms with Crippen LogP contribution in [0.25, 0.3) is 0 Å². The number of hydrogen-bond acceptors (Lipinski definition) is 4. The van der Waals surface area contributed by atoms with Gasteiger partial charge in [0.1, 0.15) is 5.75 Å². The molecule has 0 saturated carbocycles. The van der Waals surface area contributed by atoms with Crippen molar-refractivity contribution in [2.45, 2.75) is 0 Å². The van der Waals surface area contributed by atoms with Crippen molar-refractivity contribution in [1.82, 2.24) is 5.48 Å².